The van der Waals surface area contributed by atoms with E-state index in [1.165, 1.54) is 0 Å². The van der Waals surface area contributed by atoms with Crippen LogP contribution in [-0.2, 0) is 9.59 Å². The third-order valence-electron chi connectivity index (χ3n) is 2.51. The highest BCUT2D eigenvalue weighted by Crippen LogP contribution is 2.18. The number of hydrogen-bond donors (Lipinski definition) is 1. The van der Waals surface area contributed by atoms with Gasteiger partial charge in [0.15, 0.2) is 0 Å². The second-order valence-electron chi connectivity index (χ2n) is 3.52. The predicted octanol–water partition coefficient (Wildman–Crippen LogP) is -0.214. The molecule has 1 unspecified atom stereocenters. The van der Waals surface area contributed by atoms with E-state index in [4.69, 9.17) is 0 Å². The molecule has 0 bridgehead atoms. The summed E-state index contributed by atoms with van der Waals surface area (Å²) in [6, 6.07) is 0.268. The monoisotopic (exact) mass is 184 g/mol. The number of ketones is 1. The van der Waals surface area contributed by atoms with Crippen molar-refractivity contribution in [2.24, 2.45) is 0 Å². The van der Waals surface area contributed by atoms with Crippen LogP contribution in [0.1, 0.15) is 19.3 Å². The maximum absolute atomic E-state index is 11.0. The molecule has 13 heavy (non-hydrogen) atoms. The van der Waals surface area contributed by atoms with E-state index < -0.39 is 0 Å². The number of nitrogens with one attached hydrogen (secondary N) is 1. The summed E-state index contributed by atoms with van der Waals surface area (Å²) in [7, 11) is 3.51. The molecule has 0 heterocycles. The minimum atomic E-state index is 0.00171. The van der Waals surface area contributed by atoms with Crippen molar-refractivity contribution >= 4 is 11.7 Å². The molecule has 0 spiro atoms. The van der Waals surface area contributed by atoms with Gasteiger partial charge in [-0.25, -0.2) is 0 Å². The third-order valence-corrected chi connectivity index (χ3v) is 2.51. The highest BCUT2D eigenvalue weighted by molar-refractivity contribution is 5.81. The minimum Gasteiger partial charge on any atom is -0.358 e. The summed E-state index contributed by atoms with van der Waals surface area (Å²) in [4.78, 5) is 24.0. The molecule has 1 aliphatic rings. The number of nitrogens with zero attached hydrogens (tertiary/aromatic N) is 1. The topological polar surface area (TPSA) is 49.4 Å². The molecule has 0 saturated heterocycles. The Balaban J connectivity index is 2.35. The molecule has 1 fully saturated rings. The lowest BCUT2D eigenvalue weighted by Gasteiger charge is -2.21. The first kappa shape index (κ1) is 10.2. The number of Topliss-reactive ketones (excluding diaryl/α,β-unsaturated/α-hetero) is 1. The lowest BCUT2D eigenvalue weighted by Crippen LogP contribution is -2.38. The van der Waals surface area contributed by atoms with Gasteiger partial charge in [-0.05, 0) is 13.5 Å². The number of amides is 1. The Morgan fingerprint density at radius 2 is 2.38 bits per heavy atom. The van der Waals surface area contributed by atoms with Gasteiger partial charge in [-0.3, -0.25) is 14.5 Å². The molecule has 1 N–H and O–H groups in total. The molecule has 1 amide bonds. The number of carbonyl (C=O) groups excluding carboxylic acids is 2. The molecule has 1 aliphatic carbocycles. The Bertz CT molecular complexity index is 216. The van der Waals surface area contributed by atoms with Crippen LogP contribution in [0.3, 0.4) is 0 Å². The van der Waals surface area contributed by atoms with Crippen LogP contribution in [0.25, 0.3) is 0 Å². The highest BCUT2D eigenvalue weighted by Gasteiger charge is 2.26. The molecular formula is C9H16N2O2. The van der Waals surface area contributed by atoms with Crippen molar-refractivity contribution in [3.63, 3.8) is 0 Å². The molecule has 1 atom stereocenters. The van der Waals surface area contributed by atoms with Crippen molar-refractivity contribution < 1.29 is 9.59 Å². The second-order valence-corrected chi connectivity index (χ2v) is 3.52. The Labute approximate surface area is 78.3 Å². The summed E-state index contributed by atoms with van der Waals surface area (Å²) in [5, 5.41) is 2.57. The average molecular weight is 184 g/mol. The quantitative estimate of drug-likeness (QED) is 0.660. The van der Waals surface area contributed by atoms with Gasteiger partial charge in [0.1, 0.15) is 5.78 Å². The lowest BCUT2D eigenvalue weighted by molar-refractivity contribution is -0.122. The van der Waals surface area contributed by atoms with Crippen LogP contribution in [0.4, 0.5) is 0 Å². The molecule has 0 aromatic heterocycles. The van der Waals surface area contributed by atoms with Crippen molar-refractivity contribution in [1.82, 2.24) is 10.2 Å². The fraction of sp³-hybridized carbons (Fsp3) is 0.778. The van der Waals surface area contributed by atoms with Crippen LogP contribution >= 0.6 is 0 Å². The van der Waals surface area contributed by atoms with E-state index in [1.54, 1.807) is 7.05 Å². The molecule has 4 nitrogen and oxygen atoms in total. The van der Waals surface area contributed by atoms with Crippen LogP contribution in [0.5, 0.6) is 0 Å². The zero-order chi connectivity index (χ0) is 9.84. The summed E-state index contributed by atoms with van der Waals surface area (Å²) in [5.41, 5.74) is 0. The SMILES string of the molecule is CNC(=O)CN(C)C1CCC(=O)C1. The number of hydrogen-bond acceptors (Lipinski definition) is 3. The van der Waals surface area contributed by atoms with Crippen LogP contribution in [0.15, 0.2) is 0 Å². The molecule has 0 aliphatic heterocycles. The summed E-state index contributed by atoms with van der Waals surface area (Å²) >= 11 is 0. The predicted molar refractivity (Wildman–Crippen MR) is 49.3 cm³/mol. The second kappa shape index (κ2) is 4.37. The first-order chi connectivity index (χ1) is 6.13. The van der Waals surface area contributed by atoms with E-state index in [2.05, 4.69) is 5.32 Å². The third kappa shape index (κ3) is 2.81. The Morgan fingerprint density at radius 1 is 1.69 bits per heavy atom. The largest absolute Gasteiger partial charge is 0.358 e. The van der Waals surface area contributed by atoms with Gasteiger partial charge in [0.25, 0.3) is 0 Å². The van der Waals surface area contributed by atoms with Crippen LogP contribution in [-0.4, -0.2) is 43.3 Å². The van der Waals surface area contributed by atoms with E-state index in [9.17, 15) is 9.59 Å². The summed E-state index contributed by atoms with van der Waals surface area (Å²) in [6.45, 7) is 0.383. The van der Waals surface area contributed by atoms with Crippen LogP contribution < -0.4 is 5.32 Å². The Morgan fingerprint density at radius 3 is 2.85 bits per heavy atom. The maximum atomic E-state index is 11.0. The van der Waals surface area contributed by atoms with Gasteiger partial charge in [0, 0.05) is 25.9 Å². The van der Waals surface area contributed by atoms with Gasteiger partial charge in [-0.1, -0.05) is 0 Å². The molecule has 0 aromatic rings. The highest BCUT2D eigenvalue weighted by atomic mass is 16.2. The van der Waals surface area contributed by atoms with E-state index in [1.807, 2.05) is 11.9 Å². The first-order valence-electron chi connectivity index (χ1n) is 4.56. The van der Waals surface area contributed by atoms with Gasteiger partial charge in [-0.2, -0.15) is 0 Å². The molecular weight excluding hydrogens is 168 g/mol. The van der Waals surface area contributed by atoms with Gasteiger partial charge >= 0.3 is 0 Å². The zero-order valence-electron chi connectivity index (χ0n) is 8.17. The normalized spacial score (nSPS) is 22.4. The summed E-state index contributed by atoms with van der Waals surface area (Å²) in [6.07, 6.45) is 2.17. The number of rotatable bonds is 3. The molecule has 1 saturated carbocycles. The number of likely N-dealkylation sites (N-methyl/N-ethyl adjacent to an activating group) is 2. The van der Waals surface area contributed by atoms with E-state index in [0.717, 1.165) is 6.42 Å². The Hall–Kier alpha value is -0.900. The Kier molecular flexibility index (Phi) is 3.42. The first-order valence-corrected chi connectivity index (χ1v) is 4.56. The summed E-state index contributed by atoms with van der Waals surface area (Å²) < 4.78 is 0. The number of carbonyl (C=O) groups is 2. The van der Waals surface area contributed by atoms with Crippen molar-refractivity contribution in [3.05, 3.63) is 0 Å². The van der Waals surface area contributed by atoms with E-state index in [-0.39, 0.29) is 11.9 Å². The summed E-state index contributed by atoms with van der Waals surface area (Å²) in [5.74, 6) is 0.315. The minimum absolute atomic E-state index is 0.00171. The van der Waals surface area contributed by atoms with Crippen molar-refractivity contribution in [3.8, 4) is 0 Å². The fourth-order valence-electron chi connectivity index (χ4n) is 1.61. The van der Waals surface area contributed by atoms with Gasteiger partial charge in [0.05, 0.1) is 6.54 Å². The maximum Gasteiger partial charge on any atom is 0.233 e. The lowest BCUT2D eigenvalue weighted by atomic mass is 10.2. The van der Waals surface area contributed by atoms with E-state index in [0.29, 0.717) is 25.2 Å². The molecule has 74 valence electrons. The molecule has 0 radical (unpaired) electrons. The standard InChI is InChI=1S/C9H16N2O2/c1-10-9(13)6-11(2)7-3-4-8(12)5-7/h7H,3-6H2,1-2H3,(H,10,13). The van der Waals surface area contributed by atoms with E-state index >= 15 is 0 Å². The molecule has 4 heteroatoms. The van der Waals surface area contributed by atoms with Crippen molar-refractivity contribution in [1.29, 1.82) is 0 Å². The fourth-order valence-corrected chi connectivity index (χ4v) is 1.61. The van der Waals surface area contributed by atoms with Gasteiger partial charge in [0.2, 0.25) is 5.91 Å². The zero-order valence-corrected chi connectivity index (χ0v) is 8.17. The van der Waals surface area contributed by atoms with Crippen LogP contribution in [0.2, 0.25) is 0 Å². The van der Waals surface area contributed by atoms with Crippen LogP contribution in [0, 0.1) is 0 Å². The van der Waals surface area contributed by atoms with Crippen molar-refractivity contribution in [2.45, 2.75) is 25.3 Å². The smallest absolute Gasteiger partial charge is 0.233 e. The molecule has 0 aromatic carbocycles. The van der Waals surface area contributed by atoms with Gasteiger partial charge < -0.3 is 5.32 Å². The van der Waals surface area contributed by atoms with Crippen molar-refractivity contribution in [2.75, 3.05) is 20.6 Å². The average Bonchev–Trinajstić information content (AvgIpc) is 2.51. The molecule has 1 rings (SSSR count). The van der Waals surface area contributed by atoms with Gasteiger partial charge in [-0.15, -0.1) is 0 Å².